The van der Waals surface area contributed by atoms with E-state index in [0.717, 1.165) is 18.7 Å². The van der Waals surface area contributed by atoms with E-state index >= 15 is 0 Å². The molecule has 0 radical (unpaired) electrons. The Balaban J connectivity index is 1.64. The number of benzene rings is 4. The van der Waals surface area contributed by atoms with E-state index in [1.807, 2.05) is 6.92 Å². The van der Waals surface area contributed by atoms with Crippen molar-refractivity contribution in [3.8, 4) is 0 Å². The van der Waals surface area contributed by atoms with Gasteiger partial charge >= 0.3 is 0 Å². The number of hydrogen-bond acceptors (Lipinski definition) is 3. The monoisotopic (exact) mass is 479 g/mol. The molecule has 0 fully saturated rings. The third kappa shape index (κ3) is 5.70. The molecule has 4 aromatic carbocycles. The van der Waals surface area contributed by atoms with Gasteiger partial charge in [-0.15, -0.1) is 0 Å². The van der Waals surface area contributed by atoms with E-state index in [2.05, 4.69) is 121 Å². The van der Waals surface area contributed by atoms with Crippen LogP contribution in [-0.4, -0.2) is 24.1 Å². The molecule has 0 N–H and O–H groups in total. The van der Waals surface area contributed by atoms with Gasteiger partial charge in [-0.25, -0.2) is 4.99 Å². The summed E-state index contributed by atoms with van der Waals surface area (Å²) >= 11 is 0. The average Bonchev–Trinajstić information content (AvgIpc) is 3.36. The normalized spacial score (nSPS) is 15.6. The van der Waals surface area contributed by atoms with E-state index in [-0.39, 0.29) is 6.04 Å². The minimum absolute atomic E-state index is 0.111. The van der Waals surface area contributed by atoms with Gasteiger partial charge in [0.15, 0.2) is 5.90 Å². The van der Waals surface area contributed by atoms with Gasteiger partial charge in [-0.2, -0.15) is 0 Å². The molecule has 1 aliphatic heterocycles. The smallest absolute Gasteiger partial charge is 0.180 e. The van der Waals surface area contributed by atoms with Gasteiger partial charge in [0.2, 0.25) is 0 Å². The maximum Gasteiger partial charge on any atom is 0.180 e. The summed E-state index contributed by atoms with van der Waals surface area (Å²) in [6.07, 6.45) is 1.48. The van der Waals surface area contributed by atoms with Crippen LogP contribution >= 0.6 is 8.15 Å². The summed E-state index contributed by atoms with van der Waals surface area (Å²) < 4.78 is 13.3. The van der Waals surface area contributed by atoms with Crippen molar-refractivity contribution in [3.05, 3.63) is 132 Å². The van der Waals surface area contributed by atoms with E-state index < -0.39 is 13.7 Å². The van der Waals surface area contributed by atoms with Crippen LogP contribution in [0.1, 0.15) is 18.1 Å². The molecule has 3 nitrogen and oxygen atoms in total. The Labute approximate surface area is 209 Å². The van der Waals surface area contributed by atoms with Gasteiger partial charge in [0.05, 0.1) is 8.15 Å². The van der Waals surface area contributed by atoms with E-state index in [9.17, 15) is 0 Å². The van der Waals surface area contributed by atoms with Gasteiger partial charge in [-0.3, -0.25) is 0 Å². The molecule has 1 atom stereocenters. The minimum Gasteiger partial charge on any atom is -0.479 e. The van der Waals surface area contributed by atoms with Crippen LogP contribution in [0.3, 0.4) is 0 Å². The lowest BCUT2D eigenvalue weighted by Crippen LogP contribution is -2.49. The van der Waals surface area contributed by atoms with Gasteiger partial charge in [0.25, 0.3) is 0 Å². The number of ether oxygens (including phenoxy) is 1. The van der Waals surface area contributed by atoms with E-state index in [1.54, 1.807) is 0 Å². The van der Waals surface area contributed by atoms with Crippen molar-refractivity contribution in [2.45, 2.75) is 31.4 Å². The maximum absolute atomic E-state index is 7.43. The highest BCUT2D eigenvalue weighted by atomic mass is 31.1. The second-order valence-corrected chi connectivity index (χ2v) is 10.7. The fourth-order valence-electron chi connectivity index (χ4n) is 4.63. The Bertz CT molecular complexity index is 1150. The Morgan fingerprint density at radius 1 is 0.714 bits per heavy atom. The molecule has 0 aliphatic carbocycles. The van der Waals surface area contributed by atoms with Crippen molar-refractivity contribution in [1.82, 2.24) is 0 Å². The van der Waals surface area contributed by atoms with Crippen LogP contribution in [0.15, 0.2) is 126 Å². The number of hydrogen-bond donors (Lipinski definition) is 0. The molecule has 0 spiro atoms. The summed E-state index contributed by atoms with van der Waals surface area (Å²) in [4.78, 5) is 4.97. The van der Waals surface area contributed by atoms with Crippen molar-refractivity contribution in [2.24, 2.45) is 4.99 Å². The molecule has 0 bridgehead atoms. The predicted octanol–water partition coefficient (Wildman–Crippen LogP) is 6.09. The minimum atomic E-state index is -1.09. The van der Waals surface area contributed by atoms with Crippen molar-refractivity contribution < 1.29 is 9.26 Å². The lowest BCUT2D eigenvalue weighted by Gasteiger charge is -2.40. The SMILES string of the molecule is CC1=N[C@H](C(Cc2ccccc2)(Cc2ccccc2)OP(c2ccccc2)c2ccccc2)CO1. The van der Waals surface area contributed by atoms with Crippen LogP contribution < -0.4 is 10.6 Å². The van der Waals surface area contributed by atoms with Crippen LogP contribution in [0.2, 0.25) is 0 Å². The van der Waals surface area contributed by atoms with Gasteiger partial charge in [-0.05, 0) is 11.1 Å². The summed E-state index contributed by atoms with van der Waals surface area (Å²) in [5.41, 5.74) is 1.89. The summed E-state index contributed by atoms with van der Waals surface area (Å²) in [5, 5.41) is 2.39. The lowest BCUT2D eigenvalue weighted by molar-refractivity contribution is 0.0483. The molecule has 4 heteroatoms. The fourth-order valence-corrected chi connectivity index (χ4v) is 6.64. The summed E-state index contributed by atoms with van der Waals surface area (Å²) in [6.45, 7) is 2.46. The zero-order valence-corrected chi connectivity index (χ0v) is 20.9. The Morgan fingerprint density at radius 3 is 1.54 bits per heavy atom. The Kier molecular flexibility index (Phi) is 7.37. The first-order chi connectivity index (χ1) is 17.2. The standard InChI is InChI=1S/C31H30NO2P/c1-25-32-30(24-33-25)31(22-26-14-6-2-7-15-26,23-27-16-8-3-9-17-27)34-35(28-18-10-4-11-19-28)29-20-12-5-13-21-29/h2-21,30H,22-24H2,1H3/t30-/m0/s1. The first kappa shape index (κ1) is 23.5. The molecule has 0 aromatic heterocycles. The van der Waals surface area contributed by atoms with Crippen molar-refractivity contribution in [3.63, 3.8) is 0 Å². The molecular weight excluding hydrogens is 449 g/mol. The van der Waals surface area contributed by atoms with Crippen molar-refractivity contribution >= 4 is 24.7 Å². The van der Waals surface area contributed by atoms with Crippen LogP contribution in [-0.2, 0) is 22.1 Å². The molecule has 0 saturated carbocycles. The number of nitrogens with zero attached hydrogens (tertiary/aromatic N) is 1. The second kappa shape index (κ2) is 11.0. The number of aliphatic imine (C=N–C) groups is 1. The first-order valence-electron chi connectivity index (χ1n) is 12.1. The highest BCUT2D eigenvalue weighted by molar-refractivity contribution is 7.68. The quantitative estimate of drug-likeness (QED) is 0.272. The maximum atomic E-state index is 7.43. The topological polar surface area (TPSA) is 30.8 Å². The molecule has 1 aliphatic rings. The number of rotatable bonds is 9. The van der Waals surface area contributed by atoms with Gasteiger partial charge in [0, 0.05) is 30.4 Å². The average molecular weight is 480 g/mol. The highest BCUT2D eigenvalue weighted by Gasteiger charge is 2.45. The molecule has 5 rings (SSSR count). The van der Waals surface area contributed by atoms with Crippen LogP contribution in [0.5, 0.6) is 0 Å². The van der Waals surface area contributed by atoms with E-state index in [4.69, 9.17) is 14.3 Å². The fraction of sp³-hybridized carbons (Fsp3) is 0.194. The summed E-state index contributed by atoms with van der Waals surface area (Å²) in [5.74, 6) is 0.729. The van der Waals surface area contributed by atoms with Crippen molar-refractivity contribution in [1.29, 1.82) is 0 Å². The van der Waals surface area contributed by atoms with Crippen LogP contribution in [0, 0.1) is 0 Å². The molecule has 35 heavy (non-hydrogen) atoms. The van der Waals surface area contributed by atoms with Crippen LogP contribution in [0.25, 0.3) is 0 Å². The van der Waals surface area contributed by atoms with Gasteiger partial charge in [0.1, 0.15) is 18.2 Å². The third-order valence-electron chi connectivity index (χ3n) is 6.34. The Morgan fingerprint density at radius 2 is 1.14 bits per heavy atom. The van der Waals surface area contributed by atoms with E-state index in [1.165, 1.54) is 21.7 Å². The second-order valence-electron chi connectivity index (χ2n) is 8.92. The molecule has 176 valence electrons. The highest BCUT2D eigenvalue weighted by Crippen LogP contribution is 2.45. The lowest BCUT2D eigenvalue weighted by atomic mass is 9.82. The van der Waals surface area contributed by atoms with E-state index in [0.29, 0.717) is 6.61 Å². The van der Waals surface area contributed by atoms with Crippen molar-refractivity contribution in [2.75, 3.05) is 6.61 Å². The molecule has 0 unspecified atom stereocenters. The molecule has 0 amide bonds. The van der Waals surface area contributed by atoms with Crippen LogP contribution in [0.4, 0.5) is 0 Å². The molecule has 1 heterocycles. The third-order valence-corrected chi connectivity index (χ3v) is 8.42. The Hall–Kier alpha value is -3.26. The zero-order valence-electron chi connectivity index (χ0n) is 20.0. The largest absolute Gasteiger partial charge is 0.479 e. The zero-order chi connectivity index (χ0) is 23.9. The first-order valence-corrected chi connectivity index (χ1v) is 13.3. The summed E-state index contributed by atoms with van der Waals surface area (Å²) in [6, 6.07) is 42.3. The van der Waals surface area contributed by atoms with Gasteiger partial charge < -0.3 is 9.26 Å². The summed E-state index contributed by atoms with van der Waals surface area (Å²) in [7, 11) is -1.09. The molecule has 4 aromatic rings. The molecular formula is C31H30NO2P. The molecule has 0 saturated heterocycles. The van der Waals surface area contributed by atoms with Gasteiger partial charge in [-0.1, -0.05) is 121 Å². The predicted molar refractivity (Wildman–Crippen MR) is 146 cm³/mol.